The molecule has 0 aliphatic rings. The van der Waals surface area contributed by atoms with Gasteiger partial charge in [-0.15, -0.1) is 0 Å². The third kappa shape index (κ3) is 3.75. The fraction of sp³-hybridized carbons (Fsp3) is 0.417. The van der Waals surface area contributed by atoms with Gasteiger partial charge >= 0.3 is 0 Å². The van der Waals surface area contributed by atoms with E-state index in [1.807, 2.05) is 0 Å². The molecular weight excluding hydrogens is 244 g/mol. The molecule has 100 valence electrons. The van der Waals surface area contributed by atoms with E-state index in [0.29, 0.717) is 6.61 Å². The lowest BCUT2D eigenvalue weighted by atomic mass is 10.2. The fourth-order valence-electron chi connectivity index (χ4n) is 1.45. The first-order valence-corrected chi connectivity index (χ1v) is 5.44. The highest BCUT2D eigenvalue weighted by Crippen LogP contribution is 2.11. The summed E-state index contributed by atoms with van der Waals surface area (Å²) in [5, 5.41) is 8.86. The number of hydrogen-bond acceptors (Lipinski definition) is 3. The largest absolute Gasteiger partial charge is 0.395 e. The summed E-state index contributed by atoms with van der Waals surface area (Å²) < 4.78 is 30.6. The van der Waals surface area contributed by atoms with Crippen LogP contribution >= 0.6 is 0 Å². The number of methoxy groups -OCH3 is 1. The lowest BCUT2D eigenvalue weighted by molar-refractivity contribution is 0.0656. The summed E-state index contributed by atoms with van der Waals surface area (Å²) in [6, 6.07) is 2.95. The lowest BCUT2D eigenvalue weighted by Gasteiger charge is -2.21. The van der Waals surface area contributed by atoms with E-state index in [1.165, 1.54) is 18.1 Å². The molecule has 0 bridgehead atoms. The number of hydrogen-bond donors (Lipinski definition) is 1. The average molecular weight is 259 g/mol. The van der Waals surface area contributed by atoms with Crippen LogP contribution in [0.15, 0.2) is 18.2 Å². The molecule has 0 saturated carbocycles. The molecular formula is C12H15F2NO3. The molecule has 0 aromatic heterocycles. The minimum atomic E-state index is -1.07. The van der Waals surface area contributed by atoms with Gasteiger partial charge in [0.05, 0.1) is 13.2 Å². The van der Waals surface area contributed by atoms with Gasteiger partial charge in [0.1, 0.15) is 0 Å². The third-order valence-electron chi connectivity index (χ3n) is 2.39. The van der Waals surface area contributed by atoms with Crippen LogP contribution in [-0.4, -0.2) is 49.3 Å². The minimum absolute atomic E-state index is 0.0402. The number of amides is 1. The zero-order valence-corrected chi connectivity index (χ0v) is 10.0. The Balaban J connectivity index is 2.83. The van der Waals surface area contributed by atoms with Crippen LogP contribution in [0.4, 0.5) is 8.78 Å². The van der Waals surface area contributed by atoms with E-state index < -0.39 is 17.5 Å². The molecule has 0 radical (unpaired) electrons. The predicted octanol–water partition coefficient (Wildman–Crippen LogP) is 1.05. The number of benzene rings is 1. The maximum absolute atomic E-state index is 13.0. The zero-order valence-electron chi connectivity index (χ0n) is 10.0. The first-order chi connectivity index (χ1) is 8.60. The Kier molecular flexibility index (Phi) is 5.67. The molecule has 1 aromatic rings. The molecule has 4 nitrogen and oxygen atoms in total. The van der Waals surface area contributed by atoms with Gasteiger partial charge in [-0.3, -0.25) is 4.79 Å². The molecule has 1 N–H and O–H groups in total. The van der Waals surface area contributed by atoms with E-state index in [4.69, 9.17) is 9.84 Å². The summed E-state index contributed by atoms with van der Waals surface area (Å²) >= 11 is 0. The zero-order chi connectivity index (χ0) is 13.5. The summed E-state index contributed by atoms with van der Waals surface area (Å²) in [6.45, 7) is 0.477. The highest BCUT2D eigenvalue weighted by molar-refractivity contribution is 5.94. The van der Waals surface area contributed by atoms with Crippen molar-refractivity contribution in [3.05, 3.63) is 35.4 Å². The molecule has 1 aromatic carbocycles. The summed E-state index contributed by atoms with van der Waals surface area (Å²) in [5.74, 6) is -2.55. The van der Waals surface area contributed by atoms with Gasteiger partial charge in [0.15, 0.2) is 11.6 Å². The van der Waals surface area contributed by atoms with E-state index in [2.05, 4.69) is 0 Å². The molecule has 0 aliphatic carbocycles. The van der Waals surface area contributed by atoms with Crippen molar-refractivity contribution in [2.45, 2.75) is 0 Å². The molecule has 0 saturated heterocycles. The molecule has 18 heavy (non-hydrogen) atoms. The Labute approximate surface area is 104 Å². The number of carbonyl (C=O) groups excluding carboxylic acids is 1. The number of aliphatic hydroxyl groups excluding tert-OH is 1. The lowest BCUT2D eigenvalue weighted by Crippen LogP contribution is -2.36. The van der Waals surface area contributed by atoms with Crippen LogP contribution in [0.3, 0.4) is 0 Å². The van der Waals surface area contributed by atoms with Crippen LogP contribution in [-0.2, 0) is 4.74 Å². The number of nitrogens with zero attached hydrogens (tertiary/aromatic N) is 1. The van der Waals surface area contributed by atoms with Crippen LogP contribution in [0.1, 0.15) is 10.4 Å². The van der Waals surface area contributed by atoms with Crippen molar-refractivity contribution in [2.24, 2.45) is 0 Å². The molecule has 1 rings (SSSR count). The molecule has 0 fully saturated rings. The van der Waals surface area contributed by atoms with Crippen molar-refractivity contribution in [2.75, 3.05) is 33.4 Å². The van der Waals surface area contributed by atoms with Crippen molar-refractivity contribution in [1.82, 2.24) is 4.90 Å². The SMILES string of the molecule is COCCN(CCO)C(=O)c1ccc(F)c(F)c1. The highest BCUT2D eigenvalue weighted by Gasteiger charge is 2.16. The van der Waals surface area contributed by atoms with E-state index >= 15 is 0 Å². The average Bonchev–Trinajstić information content (AvgIpc) is 2.37. The number of ether oxygens (including phenoxy) is 1. The highest BCUT2D eigenvalue weighted by atomic mass is 19.2. The maximum atomic E-state index is 13.0. The Hall–Kier alpha value is -1.53. The maximum Gasteiger partial charge on any atom is 0.254 e. The van der Waals surface area contributed by atoms with E-state index in [0.717, 1.165) is 12.1 Å². The fourth-order valence-corrected chi connectivity index (χ4v) is 1.45. The number of aliphatic hydroxyl groups is 1. The number of carbonyl (C=O) groups is 1. The Bertz CT molecular complexity index is 412. The third-order valence-corrected chi connectivity index (χ3v) is 2.39. The predicted molar refractivity (Wildman–Crippen MR) is 61.2 cm³/mol. The van der Waals surface area contributed by atoms with Gasteiger partial charge in [0, 0.05) is 25.8 Å². The number of halogens is 2. The molecule has 0 spiro atoms. The quantitative estimate of drug-likeness (QED) is 0.830. The van der Waals surface area contributed by atoms with Crippen molar-refractivity contribution in [3.8, 4) is 0 Å². The molecule has 1 amide bonds. The normalized spacial score (nSPS) is 10.4. The Morgan fingerprint density at radius 3 is 2.61 bits per heavy atom. The van der Waals surface area contributed by atoms with Gasteiger partial charge in [-0.25, -0.2) is 8.78 Å². The molecule has 0 atom stereocenters. The van der Waals surface area contributed by atoms with Crippen molar-refractivity contribution >= 4 is 5.91 Å². The second kappa shape index (κ2) is 7.03. The van der Waals surface area contributed by atoms with E-state index in [-0.39, 0.29) is 25.3 Å². The Morgan fingerprint density at radius 2 is 2.06 bits per heavy atom. The standard InChI is InChI=1S/C12H15F2NO3/c1-18-7-5-15(4-6-16)12(17)9-2-3-10(13)11(14)8-9/h2-3,8,16H,4-7H2,1H3. The molecule has 0 aliphatic heterocycles. The van der Waals surface area contributed by atoms with Gasteiger partial charge < -0.3 is 14.7 Å². The molecule has 0 unspecified atom stereocenters. The van der Waals surface area contributed by atoms with Gasteiger partial charge in [0.2, 0.25) is 0 Å². The second-order valence-corrected chi connectivity index (χ2v) is 3.64. The van der Waals surface area contributed by atoms with Gasteiger partial charge in [0.25, 0.3) is 5.91 Å². The summed E-state index contributed by atoms with van der Waals surface area (Å²) in [4.78, 5) is 13.3. The summed E-state index contributed by atoms with van der Waals surface area (Å²) in [5.41, 5.74) is 0.0402. The van der Waals surface area contributed by atoms with Crippen molar-refractivity contribution < 1.29 is 23.4 Å². The van der Waals surface area contributed by atoms with Gasteiger partial charge in [-0.2, -0.15) is 0 Å². The van der Waals surface area contributed by atoms with Crippen LogP contribution in [0, 0.1) is 11.6 Å². The van der Waals surface area contributed by atoms with Crippen LogP contribution in [0.25, 0.3) is 0 Å². The van der Waals surface area contributed by atoms with Crippen molar-refractivity contribution in [3.63, 3.8) is 0 Å². The van der Waals surface area contributed by atoms with Gasteiger partial charge in [-0.05, 0) is 18.2 Å². The molecule has 0 heterocycles. The Morgan fingerprint density at radius 1 is 1.33 bits per heavy atom. The first-order valence-electron chi connectivity index (χ1n) is 5.44. The van der Waals surface area contributed by atoms with Crippen LogP contribution in [0.5, 0.6) is 0 Å². The monoisotopic (exact) mass is 259 g/mol. The van der Waals surface area contributed by atoms with Crippen LogP contribution in [0.2, 0.25) is 0 Å². The van der Waals surface area contributed by atoms with E-state index in [9.17, 15) is 13.6 Å². The second-order valence-electron chi connectivity index (χ2n) is 3.64. The summed E-state index contributed by atoms with van der Waals surface area (Å²) in [7, 11) is 1.49. The van der Waals surface area contributed by atoms with Crippen LogP contribution < -0.4 is 0 Å². The number of rotatable bonds is 6. The minimum Gasteiger partial charge on any atom is -0.395 e. The van der Waals surface area contributed by atoms with Crippen molar-refractivity contribution in [1.29, 1.82) is 0 Å². The summed E-state index contributed by atoms with van der Waals surface area (Å²) in [6.07, 6.45) is 0. The topological polar surface area (TPSA) is 49.8 Å². The molecule has 6 heteroatoms. The smallest absolute Gasteiger partial charge is 0.254 e. The first kappa shape index (κ1) is 14.5. The van der Waals surface area contributed by atoms with E-state index in [1.54, 1.807) is 0 Å². The van der Waals surface area contributed by atoms with Gasteiger partial charge in [-0.1, -0.05) is 0 Å².